The molecule has 0 spiro atoms. The van der Waals surface area contributed by atoms with Gasteiger partial charge in [0.1, 0.15) is 11.2 Å². The Morgan fingerprint density at radius 2 is 1.76 bits per heavy atom. The lowest BCUT2D eigenvalue weighted by Crippen LogP contribution is -2.49. The molecule has 1 aromatic rings. The van der Waals surface area contributed by atoms with Crippen molar-refractivity contribution in [2.45, 2.75) is 59.9 Å². The number of nitrogens with zero attached hydrogens (tertiary/aromatic N) is 1. The highest BCUT2D eigenvalue weighted by Gasteiger charge is 2.53. The van der Waals surface area contributed by atoms with E-state index in [1.165, 1.54) is 0 Å². The molecule has 0 aliphatic heterocycles. The molecule has 0 bridgehead atoms. The molecular weight excluding hydrogens is 314 g/mol. The van der Waals surface area contributed by atoms with Crippen LogP contribution in [0.2, 0.25) is 0 Å². The summed E-state index contributed by atoms with van der Waals surface area (Å²) in [5, 5.41) is 11.9. The first-order valence-electron chi connectivity index (χ1n) is 8.89. The van der Waals surface area contributed by atoms with Gasteiger partial charge in [-0.25, -0.2) is 0 Å². The van der Waals surface area contributed by atoms with Gasteiger partial charge in [-0.3, -0.25) is 14.9 Å². The maximum atomic E-state index is 12.8. The molecule has 0 saturated heterocycles. The standard InChI is InChI=1S/C21H27NO3/c1-6-17-14(3)20(22(24)25)21(5,19(23)7-2)15(4)18(17)13-16-11-9-8-10-12-16/h8-12,20H,6-7,13H2,1-5H3. The number of ketones is 1. The van der Waals surface area contributed by atoms with Gasteiger partial charge in [-0.05, 0) is 55.9 Å². The second-order valence-electron chi connectivity index (χ2n) is 6.95. The molecule has 0 fully saturated rings. The lowest BCUT2D eigenvalue weighted by molar-refractivity contribution is -0.525. The molecule has 2 rings (SSSR count). The minimum Gasteiger partial charge on any atom is -0.298 e. The Kier molecular flexibility index (Phi) is 5.61. The summed E-state index contributed by atoms with van der Waals surface area (Å²) in [5.74, 6) is -0.0632. The van der Waals surface area contributed by atoms with Crippen LogP contribution in [0.3, 0.4) is 0 Å². The second kappa shape index (κ2) is 7.34. The van der Waals surface area contributed by atoms with Gasteiger partial charge in [-0.15, -0.1) is 0 Å². The van der Waals surface area contributed by atoms with Gasteiger partial charge in [0.05, 0.1) is 0 Å². The van der Waals surface area contributed by atoms with Crippen molar-refractivity contribution in [1.29, 1.82) is 0 Å². The molecule has 1 aliphatic carbocycles. The van der Waals surface area contributed by atoms with E-state index in [9.17, 15) is 14.9 Å². The maximum Gasteiger partial charge on any atom is 0.250 e. The van der Waals surface area contributed by atoms with Crippen molar-refractivity contribution in [3.8, 4) is 0 Å². The summed E-state index contributed by atoms with van der Waals surface area (Å²) in [5.41, 5.74) is 3.78. The van der Waals surface area contributed by atoms with Crippen LogP contribution >= 0.6 is 0 Å². The van der Waals surface area contributed by atoms with Gasteiger partial charge < -0.3 is 0 Å². The highest BCUT2D eigenvalue weighted by Crippen LogP contribution is 2.47. The Bertz CT molecular complexity index is 746. The number of nitro groups is 1. The number of carbonyl (C=O) groups is 1. The molecule has 2 atom stereocenters. The summed E-state index contributed by atoms with van der Waals surface area (Å²) in [6, 6.07) is 9.09. The third kappa shape index (κ3) is 3.17. The predicted molar refractivity (Wildman–Crippen MR) is 100 cm³/mol. The molecule has 0 radical (unpaired) electrons. The van der Waals surface area contributed by atoms with E-state index >= 15 is 0 Å². The van der Waals surface area contributed by atoms with E-state index in [-0.39, 0.29) is 10.7 Å². The average Bonchev–Trinajstić information content (AvgIpc) is 2.59. The van der Waals surface area contributed by atoms with Crippen molar-refractivity contribution in [3.05, 3.63) is 68.3 Å². The van der Waals surface area contributed by atoms with Gasteiger partial charge in [0.15, 0.2) is 0 Å². The summed E-state index contributed by atoms with van der Waals surface area (Å²) < 4.78 is 0. The number of hydrogen-bond acceptors (Lipinski definition) is 3. The van der Waals surface area contributed by atoms with Gasteiger partial charge >= 0.3 is 0 Å². The van der Waals surface area contributed by atoms with Crippen molar-refractivity contribution in [1.82, 2.24) is 0 Å². The first kappa shape index (κ1) is 19.1. The van der Waals surface area contributed by atoms with E-state index in [0.717, 1.165) is 34.3 Å². The smallest absolute Gasteiger partial charge is 0.250 e. The Hall–Kier alpha value is -2.23. The lowest BCUT2D eigenvalue weighted by Gasteiger charge is -2.39. The van der Waals surface area contributed by atoms with Gasteiger partial charge in [-0.2, -0.15) is 0 Å². The Labute approximate surface area is 149 Å². The van der Waals surface area contributed by atoms with Crippen molar-refractivity contribution in [2.24, 2.45) is 5.41 Å². The number of hydrogen-bond donors (Lipinski definition) is 0. The Morgan fingerprint density at radius 1 is 1.16 bits per heavy atom. The van der Waals surface area contributed by atoms with Crippen LogP contribution in [0, 0.1) is 15.5 Å². The topological polar surface area (TPSA) is 60.2 Å². The highest BCUT2D eigenvalue weighted by molar-refractivity contribution is 5.89. The van der Waals surface area contributed by atoms with Crippen molar-refractivity contribution in [2.75, 3.05) is 0 Å². The van der Waals surface area contributed by atoms with Crippen LogP contribution in [0.25, 0.3) is 0 Å². The van der Waals surface area contributed by atoms with Crippen LogP contribution in [-0.4, -0.2) is 16.7 Å². The van der Waals surface area contributed by atoms with E-state index in [1.807, 2.05) is 39.0 Å². The van der Waals surface area contributed by atoms with E-state index in [2.05, 4.69) is 12.1 Å². The minimum absolute atomic E-state index is 0.0632. The van der Waals surface area contributed by atoms with Crippen LogP contribution in [0.1, 0.15) is 53.0 Å². The SMILES string of the molecule is CCC(=O)C1(C)C(C)=C(Cc2ccccc2)C(CC)=C(C)C1[N+](=O)[O-]. The molecule has 0 saturated carbocycles. The lowest BCUT2D eigenvalue weighted by atomic mass is 9.62. The van der Waals surface area contributed by atoms with Gasteiger partial charge in [0.25, 0.3) is 0 Å². The molecule has 134 valence electrons. The molecule has 4 heteroatoms. The largest absolute Gasteiger partial charge is 0.298 e. The monoisotopic (exact) mass is 341 g/mol. The van der Waals surface area contributed by atoms with Crippen LogP contribution in [0.4, 0.5) is 0 Å². The van der Waals surface area contributed by atoms with Crippen LogP contribution in [-0.2, 0) is 11.2 Å². The zero-order chi connectivity index (χ0) is 18.8. The van der Waals surface area contributed by atoms with Crippen LogP contribution in [0.15, 0.2) is 52.6 Å². The molecule has 0 amide bonds. The van der Waals surface area contributed by atoms with E-state index in [0.29, 0.717) is 12.8 Å². The predicted octanol–water partition coefficient (Wildman–Crippen LogP) is 4.92. The first-order chi connectivity index (χ1) is 11.8. The number of carbonyl (C=O) groups excluding carboxylic acids is 1. The van der Waals surface area contributed by atoms with Crippen LogP contribution < -0.4 is 0 Å². The molecule has 1 aliphatic rings. The third-order valence-electron chi connectivity index (χ3n) is 5.72. The van der Waals surface area contributed by atoms with Crippen molar-refractivity contribution >= 4 is 5.78 Å². The normalized spacial score (nSPS) is 23.8. The quantitative estimate of drug-likeness (QED) is 0.545. The summed E-state index contributed by atoms with van der Waals surface area (Å²) in [7, 11) is 0. The molecule has 2 unspecified atom stereocenters. The summed E-state index contributed by atoms with van der Waals surface area (Å²) >= 11 is 0. The summed E-state index contributed by atoms with van der Waals surface area (Å²) in [4.78, 5) is 24.4. The zero-order valence-electron chi connectivity index (χ0n) is 15.8. The van der Waals surface area contributed by atoms with E-state index < -0.39 is 11.5 Å². The summed E-state index contributed by atoms with van der Waals surface area (Å²) in [6.07, 6.45) is 1.72. The zero-order valence-corrected chi connectivity index (χ0v) is 15.8. The third-order valence-corrected chi connectivity index (χ3v) is 5.72. The average molecular weight is 341 g/mol. The van der Waals surface area contributed by atoms with E-state index in [4.69, 9.17) is 0 Å². The van der Waals surface area contributed by atoms with Gasteiger partial charge in [0.2, 0.25) is 6.04 Å². The molecular formula is C21H27NO3. The maximum absolute atomic E-state index is 12.8. The summed E-state index contributed by atoms with van der Waals surface area (Å²) in [6.45, 7) is 9.29. The first-order valence-corrected chi connectivity index (χ1v) is 8.89. The highest BCUT2D eigenvalue weighted by atomic mass is 16.6. The van der Waals surface area contributed by atoms with Gasteiger partial charge in [-0.1, -0.05) is 44.2 Å². The van der Waals surface area contributed by atoms with Crippen molar-refractivity contribution < 1.29 is 9.72 Å². The number of benzene rings is 1. The molecule has 4 nitrogen and oxygen atoms in total. The number of Topliss-reactive ketones (excluding diaryl/α,β-unsaturated/α-hetero) is 1. The molecule has 0 heterocycles. The van der Waals surface area contributed by atoms with Crippen LogP contribution in [0.5, 0.6) is 0 Å². The number of rotatable bonds is 6. The fourth-order valence-electron chi connectivity index (χ4n) is 4.21. The fourth-order valence-corrected chi connectivity index (χ4v) is 4.21. The second-order valence-corrected chi connectivity index (χ2v) is 6.95. The molecule has 0 aromatic heterocycles. The molecule has 1 aromatic carbocycles. The Morgan fingerprint density at radius 3 is 2.24 bits per heavy atom. The fraction of sp³-hybridized carbons (Fsp3) is 0.476. The minimum atomic E-state index is -1.08. The Balaban J connectivity index is 2.69. The molecule has 25 heavy (non-hydrogen) atoms. The van der Waals surface area contributed by atoms with E-state index in [1.54, 1.807) is 13.8 Å². The molecule has 0 N–H and O–H groups in total. The van der Waals surface area contributed by atoms with Gasteiger partial charge in [0, 0.05) is 16.9 Å². The number of allylic oxidation sites excluding steroid dienone is 2. The van der Waals surface area contributed by atoms with Crippen molar-refractivity contribution in [3.63, 3.8) is 0 Å².